The number of hydrogen-bond donors (Lipinski definition) is 1. The quantitative estimate of drug-likeness (QED) is 0.514. The molecule has 0 aliphatic heterocycles. The zero-order valence-electron chi connectivity index (χ0n) is 14.7. The molecule has 1 amide bonds. The molecule has 28 heavy (non-hydrogen) atoms. The van der Waals surface area contributed by atoms with Gasteiger partial charge in [0.15, 0.2) is 0 Å². The number of aromatic nitrogens is 2. The summed E-state index contributed by atoms with van der Waals surface area (Å²) in [4.78, 5) is 33.0. The summed E-state index contributed by atoms with van der Waals surface area (Å²) in [6.45, 7) is 2.16. The third-order valence-corrected chi connectivity index (χ3v) is 3.91. The minimum Gasteiger partial charge on any atom is -0.307 e. The minimum absolute atomic E-state index is 0.189. The first-order valence-corrected chi connectivity index (χ1v) is 8.17. The Hall–Kier alpha value is -4.08. The molecule has 0 aliphatic rings. The van der Waals surface area contributed by atoms with E-state index in [1.165, 1.54) is 0 Å². The van der Waals surface area contributed by atoms with E-state index in [0.717, 1.165) is 23.8 Å². The van der Waals surface area contributed by atoms with Gasteiger partial charge in [-0.3, -0.25) is 25.0 Å². The van der Waals surface area contributed by atoms with Crippen molar-refractivity contribution < 1.29 is 14.6 Å². The van der Waals surface area contributed by atoms with E-state index in [4.69, 9.17) is 0 Å². The van der Waals surface area contributed by atoms with E-state index < -0.39 is 27.1 Å². The number of nitrogens with zero attached hydrogens (tertiary/aromatic N) is 4. The lowest BCUT2D eigenvalue weighted by Gasteiger charge is -2.09. The van der Waals surface area contributed by atoms with Crippen LogP contribution in [0.25, 0.3) is 0 Å². The number of nitro benzene ring substituents is 2. The highest BCUT2D eigenvalue weighted by Gasteiger charge is 2.21. The zero-order valence-corrected chi connectivity index (χ0v) is 14.7. The van der Waals surface area contributed by atoms with Crippen molar-refractivity contribution in [2.24, 2.45) is 0 Å². The number of non-ortho nitro benzene ring substituents is 2. The molecule has 0 radical (unpaired) electrons. The van der Waals surface area contributed by atoms with Gasteiger partial charge in [0.2, 0.25) is 0 Å². The third-order valence-electron chi connectivity index (χ3n) is 3.91. The number of nitro groups is 2. The maximum atomic E-state index is 12.6. The van der Waals surface area contributed by atoms with Crippen LogP contribution in [0.4, 0.5) is 17.2 Å². The van der Waals surface area contributed by atoms with Gasteiger partial charge in [0.05, 0.1) is 33.7 Å². The lowest BCUT2D eigenvalue weighted by atomic mass is 10.1. The summed E-state index contributed by atoms with van der Waals surface area (Å²) in [5, 5.41) is 29.0. The van der Waals surface area contributed by atoms with Crippen molar-refractivity contribution in [2.75, 3.05) is 5.32 Å². The van der Waals surface area contributed by atoms with Gasteiger partial charge in [-0.2, -0.15) is 5.10 Å². The molecule has 1 N–H and O–H groups in total. The van der Waals surface area contributed by atoms with Crippen LogP contribution in [0.5, 0.6) is 0 Å². The molecule has 10 nitrogen and oxygen atoms in total. The molecule has 0 unspecified atom stereocenters. The molecule has 10 heteroatoms. The molecule has 1 aromatic heterocycles. The fourth-order valence-corrected chi connectivity index (χ4v) is 2.65. The molecule has 0 saturated carbocycles. The highest BCUT2D eigenvalue weighted by atomic mass is 16.6. The SMILES string of the molecule is Cc1cc(NC(=O)c2cc([N+](=O)[O-])cc([N+](=O)[O-])c2)n(Cc2ccccc2)n1. The van der Waals surface area contributed by atoms with E-state index in [1.807, 2.05) is 30.3 Å². The minimum atomic E-state index is -0.784. The number of anilines is 1. The van der Waals surface area contributed by atoms with Crippen LogP contribution in [0.1, 0.15) is 21.6 Å². The van der Waals surface area contributed by atoms with Crippen LogP contribution >= 0.6 is 0 Å². The Morgan fingerprint density at radius 1 is 1.04 bits per heavy atom. The molecule has 0 fully saturated rings. The van der Waals surface area contributed by atoms with Gasteiger partial charge in [0, 0.05) is 18.2 Å². The Labute approximate surface area is 158 Å². The normalized spacial score (nSPS) is 10.5. The maximum absolute atomic E-state index is 12.6. The molecule has 0 atom stereocenters. The molecular weight excluding hydrogens is 366 g/mol. The molecule has 0 spiro atoms. The van der Waals surface area contributed by atoms with Crippen LogP contribution in [0.3, 0.4) is 0 Å². The van der Waals surface area contributed by atoms with Crippen LogP contribution in [0.15, 0.2) is 54.6 Å². The largest absolute Gasteiger partial charge is 0.307 e. The number of carbonyl (C=O) groups excluding carboxylic acids is 1. The van der Waals surface area contributed by atoms with Gasteiger partial charge in [-0.25, -0.2) is 4.68 Å². The predicted octanol–water partition coefficient (Wildman–Crippen LogP) is 3.31. The van der Waals surface area contributed by atoms with Crippen molar-refractivity contribution in [3.63, 3.8) is 0 Å². The zero-order chi connectivity index (χ0) is 20.3. The number of rotatable bonds is 6. The molecule has 2 aromatic carbocycles. The fourth-order valence-electron chi connectivity index (χ4n) is 2.65. The summed E-state index contributed by atoms with van der Waals surface area (Å²) in [5.41, 5.74) is 0.371. The van der Waals surface area contributed by atoms with Crippen molar-refractivity contribution >= 4 is 23.1 Å². The van der Waals surface area contributed by atoms with Gasteiger partial charge in [0.25, 0.3) is 17.3 Å². The topological polar surface area (TPSA) is 133 Å². The summed E-state index contributed by atoms with van der Waals surface area (Å²) in [5.74, 6) is -0.332. The third kappa shape index (κ3) is 4.18. The number of aryl methyl sites for hydroxylation is 1. The number of hydrogen-bond acceptors (Lipinski definition) is 6. The number of amides is 1. The van der Waals surface area contributed by atoms with E-state index in [1.54, 1.807) is 17.7 Å². The first-order valence-electron chi connectivity index (χ1n) is 8.17. The second-order valence-corrected chi connectivity index (χ2v) is 6.02. The average Bonchev–Trinajstić information content (AvgIpc) is 3.00. The van der Waals surface area contributed by atoms with Crippen LogP contribution < -0.4 is 5.32 Å². The molecular formula is C18H15N5O5. The summed E-state index contributed by atoms with van der Waals surface area (Å²) < 4.78 is 1.58. The van der Waals surface area contributed by atoms with Crippen molar-refractivity contribution in [1.29, 1.82) is 0 Å². The van der Waals surface area contributed by atoms with Gasteiger partial charge >= 0.3 is 0 Å². The lowest BCUT2D eigenvalue weighted by molar-refractivity contribution is -0.394. The number of nitrogens with one attached hydrogen (secondary N) is 1. The Morgan fingerprint density at radius 3 is 2.21 bits per heavy atom. The van der Waals surface area contributed by atoms with Crippen LogP contribution in [-0.2, 0) is 6.54 Å². The van der Waals surface area contributed by atoms with E-state index in [2.05, 4.69) is 10.4 Å². The monoisotopic (exact) mass is 381 g/mol. The van der Waals surface area contributed by atoms with Crippen LogP contribution in [-0.4, -0.2) is 25.5 Å². The second kappa shape index (κ2) is 7.66. The van der Waals surface area contributed by atoms with Crippen molar-refractivity contribution in [3.05, 3.63) is 91.6 Å². The van der Waals surface area contributed by atoms with Gasteiger partial charge in [0.1, 0.15) is 5.82 Å². The van der Waals surface area contributed by atoms with Gasteiger partial charge in [-0.1, -0.05) is 30.3 Å². The Bertz CT molecular complexity index is 1030. The Morgan fingerprint density at radius 2 is 1.64 bits per heavy atom. The van der Waals surface area contributed by atoms with Gasteiger partial charge in [-0.05, 0) is 12.5 Å². The molecule has 0 aliphatic carbocycles. The van der Waals surface area contributed by atoms with Gasteiger partial charge in [-0.15, -0.1) is 0 Å². The smallest absolute Gasteiger partial charge is 0.277 e. The van der Waals surface area contributed by atoms with Crippen molar-refractivity contribution in [1.82, 2.24) is 9.78 Å². The van der Waals surface area contributed by atoms with Crippen LogP contribution in [0.2, 0.25) is 0 Å². The Kier molecular flexibility index (Phi) is 5.12. The standard InChI is InChI=1S/C18H15N5O5/c1-12-7-17(21(20-12)11-13-5-3-2-4-6-13)19-18(24)14-8-15(22(25)26)10-16(9-14)23(27)28/h2-10H,11H2,1H3,(H,19,24). The predicted molar refractivity (Wildman–Crippen MR) is 100 cm³/mol. The molecule has 0 saturated heterocycles. The molecule has 3 aromatic rings. The molecule has 0 bridgehead atoms. The fraction of sp³-hybridized carbons (Fsp3) is 0.111. The van der Waals surface area contributed by atoms with E-state index in [9.17, 15) is 25.0 Å². The maximum Gasteiger partial charge on any atom is 0.277 e. The van der Waals surface area contributed by atoms with E-state index in [0.29, 0.717) is 18.1 Å². The second-order valence-electron chi connectivity index (χ2n) is 6.02. The average molecular weight is 381 g/mol. The van der Waals surface area contributed by atoms with Crippen molar-refractivity contribution in [3.8, 4) is 0 Å². The van der Waals surface area contributed by atoms with E-state index >= 15 is 0 Å². The summed E-state index contributed by atoms with van der Waals surface area (Å²) >= 11 is 0. The van der Waals surface area contributed by atoms with E-state index in [-0.39, 0.29) is 5.56 Å². The number of benzene rings is 2. The highest BCUT2D eigenvalue weighted by Crippen LogP contribution is 2.24. The Balaban J connectivity index is 1.89. The van der Waals surface area contributed by atoms with Gasteiger partial charge < -0.3 is 5.32 Å². The number of carbonyl (C=O) groups is 1. The summed E-state index contributed by atoms with van der Waals surface area (Å²) in [7, 11) is 0. The summed E-state index contributed by atoms with van der Waals surface area (Å²) in [6.07, 6.45) is 0. The molecule has 3 rings (SSSR count). The highest BCUT2D eigenvalue weighted by molar-refractivity contribution is 6.04. The summed E-state index contributed by atoms with van der Waals surface area (Å²) in [6, 6.07) is 13.9. The first kappa shape index (κ1) is 18.7. The van der Waals surface area contributed by atoms with Crippen LogP contribution in [0, 0.1) is 27.2 Å². The lowest BCUT2D eigenvalue weighted by Crippen LogP contribution is -2.16. The molecule has 142 valence electrons. The first-order chi connectivity index (χ1) is 13.3. The molecule has 1 heterocycles. The van der Waals surface area contributed by atoms with Crippen molar-refractivity contribution in [2.45, 2.75) is 13.5 Å².